The van der Waals surface area contributed by atoms with Gasteiger partial charge in [0.15, 0.2) is 0 Å². The van der Waals surface area contributed by atoms with E-state index in [0.717, 1.165) is 0 Å². The highest BCUT2D eigenvalue weighted by molar-refractivity contribution is 5.87. The van der Waals surface area contributed by atoms with Gasteiger partial charge >= 0.3 is 41.7 Å². The molecule has 0 aromatic heterocycles. The van der Waals surface area contributed by atoms with E-state index in [-0.39, 0.29) is 6.92 Å². The summed E-state index contributed by atoms with van der Waals surface area (Å²) in [7, 11) is 0. The molecule has 0 unspecified atom stereocenters. The molecule has 0 fully saturated rings. The molecule has 0 saturated heterocycles. The standard InChI is InChI=1S/C12H10F12O2/c1-4-7(13,14)8(15,16)9(17,18)10(19,20)11(21,22)12(23,24)26-6(25)5(2)3/h2,4H2,1,3H3. The summed E-state index contributed by atoms with van der Waals surface area (Å²) in [5.74, 6) is -38.5. The Morgan fingerprint density at radius 3 is 1.42 bits per heavy atom. The van der Waals surface area contributed by atoms with Crippen molar-refractivity contribution >= 4 is 5.97 Å². The van der Waals surface area contributed by atoms with Crippen LogP contribution in [0.4, 0.5) is 52.7 Å². The van der Waals surface area contributed by atoms with E-state index in [2.05, 4.69) is 11.3 Å². The zero-order chi connectivity index (χ0) is 21.6. The zero-order valence-corrected chi connectivity index (χ0v) is 12.8. The van der Waals surface area contributed by atoms with Gasteiger partial charge in [-0.2, -0.15) is 52.7 Å². The molecule has 2 nitrogen and oxygen atoms in total. The third-order valence-electron chi connectivity index (χ3n) is 3.02. The summed E-state index contributed by atoms with van der Waals surface area (Å²) in [5, 5.41) is 0. The first-order valence-corrected chi connectivity index (χ1v) is 6.29. The summed E-state index contributed by atoms with van der Waals surface area (Å²) in [6.45, 7) is 3.30. The van der Waals surface area contributed by atoms with Crippen LogP contribution in [0, 0.1) is 0 Å². The molecular weight excluding hydrogens is 404 g/mol. The Bertz CT molecular complexity index is 567. The predicted molar refractivity (Wildman–Crippen MR) is 60.9 cm³/mol. The smallest absolute Gasteiger partial charge is 0.393 e. The van der Waals surface area contributed by atoms with Crippen LogP contribution in [0.25, 0.3) is 0 Å². The second kappa shape index (κ2) is 6.51. The van der Waals surface area contributed by atoms with Crippen molar-refractivity contribution in [1.29, 1.82) is 0 Å². The molecule has 0 amide bonds. The maximum Gasteiger partial charge on any atom is 0.473 e. The Balaban J connectivity index is 6.26. The Morgan fingerprint density at radius 2 is 1.12 bits per heavy atom. The van der Waals surface area contributed by atoms with E-state index >= 15 is 0 Å². The quantitative estimate of drug-likeness (QED) is 0.307. The van der Waals surface area contributed by atoms with Gasteiger partial charge in [-0.1, -0.05) is 13.5 Å². The molecule has 0 aliphatic carbocycles. The van der Waals surface area contributed by atoms with Crippen molar-refractivity contribution in [3.8, 4) is 0 Å². The van der Waals surface area contributed by atoms with Gasteiger partial charge in [-0.3, -0.25) is 0 Å². The number of hydrogen-bond donors (Lipinski definition) is 0. The number of alkyl halides is 12. The topological polar surface area (TPSA) is 26.3 Å². The molecule has 0 aliphatic heterocycles. The largest absolute Gasteiger partial charge is 0.473 e. The summed E-state index contributed by atoms with van der Waals surface area (Å²) in [4.78, 5) is 10.7. The van der Waals surface area contributed by atoms with Crippen molar-refractivity contribution in [2.24, 2.45) is 0 Å². The lowest BCUT2D eigenvalue weighted by Gasteiger charge is -2.40. The minimum Gasteiger partial charge on any atom is -0.393 e. The van der Waals surface area contributed by atoms with Crippen molar-refractivity contribution in [3.05, 3.63) is 12.2 Å². The lowest BCUT2D eigenvalue weighted by atomic mass is 9.93. The van der Waals surface area contributed by atoms with Gasteiger partial charge in [-0.05, 0) is 6.92 Å². The van der Waals surface area contributed by atoms with Crippen LogP contribution in [0.1, 0.15) is 20.3 Å². The molecule has 0 saturated carbocycles. The Labute approximate surface area is 137 Å². The lowest BCUT2D eigenvalue weighted by molar-refractivity contribution is -0.450. The van der Waals surface area contributed by atoms with Crippen LogP contribution < -0.4 is 0 Å². The van der Waals surface area contributed by atoms with Gasteiger partial charge in [0.2, 0.25) is 0 Å². The highest BCUT2D eigenvalue weighted by Crippen LogP contribution is 2.60. The molecular formula is C12H10F12O2. The molecule has 0 N–H and O–H groups in total. The van der Waals surface area contributed by atoms with Gasteiger partial charge in [0.1, 0.15) is 0 Å². The number of halogens is 12. The van der Waals surface area contributed by atoms with Crippen molar-refractivity contribution in [3.63, 3.8) is 0 Å². The summed E-state index contributed by atoms with van der Waals surface area (Å²) in [6.07, 6.45) is -8.98. The number of hydrogen-bond acceptors (Lipinski definition) is 2. The number of rotatable bonds is 8. The number of carbonyl (C=O) groups excluding carboxylic acids is 1. The van der Waals surface area contributed by atoms with E-state index in [9.17, 15) is 57.5 Å². The molecule has 0 heterocycles. The fraction of sp³-hybridized carbons (Fsp3) is 0.750. The average Bonchev–Trinajstić information content (AvgIpc) is 2.45. The maximum absolute atomic E-state index is 13.3. The summed E-state index contributed by atoms with van der Waals surface area (Å²) >= 11 is 0. The van der Waals surface area contributed by atoms with E-state index in [0.29, 0.717) is 6.92 Å². The molecule has 0 radical (unpaired) electrons. The van der Waals surface area contributed by atoms with Gasteiger partial charge in [0, 0.05) is 12.0 Å². The number of ether oxygens (including phenoxy) is 1. The SMILES string of the molecule is C=C(C)C(=O)OC(F)(F)C(F)(F)C(F)(F)C(F)(F)C(F)(F)C(F)(F)CC. The van der Waals surface area contributed by atoms with Gasteiger partial charge in [0.05, 0.1) is 0 Å². The van der Waals surface area contributed by atoms with E-state index in [1.54, 1.807) is 0 Å². The summed E-state index contributed by atoms with van der Waals surface area (Å²) < 4.78 is 160. The Morgan fingerprint density at radius 1 is 0.769 bits per heavy atom. The first kappa shape index (κ1) is 24.4. The normalized spacial score (nSPS) is 15.0. The first-order valence-electron chi connectivity index (χ1n) is 6.29. The average molecular weight is 414 g/mol. The molecule has 0 aliphatic rings. The Kier molecular flexibility index (Phi) is 6.11. The first-order chi connectivity index (χ1) is 11.1. The molecule has 0 aromatic rings. The molecule has 14 heteroatoms. The maximum atomic E-state index is 13.3. The second-order valence-electron chi connectivity index (χ2n) is 5.04. The monoisotopic (exact) mass is 414 g/mol. The molecule has 0 rings (SSSR count). The van der Waals surface area contributed by atoms with Gasteiger partial charge in [0.25, 0.3) is 0 Å². The van der Waals surface area contributed by atoms with Crippen LogP contribution in [0.15, 0.2) is 12.2 Å². The minimum atomic E-state index is -7.76. The van der Waals surface area contributed by atoms with E-state index in [1.165, 1.54) is 0 Å². The van der Waals surface area contributed by atoms with Crippen molar-refractivity contribution < 1.29 is 62.2 Å². The molecule has 0 bridgehead atoms. The Hall–Kier alpha value is -1.63. The van der Waals surface area contributed by atoms with Gasteiger partial charge < -0.3 is 4.74 Å². The van der Waals surface area contributed by atoms with Gasteiger partial charge in [-0.25, -0.2) is 4.79 Å². The lowest BCUT2D eigenvalue weighted by Crippen LogP contribution is -2.71. The molecule has 0 spiro atoms. The summed E-state index contributed by atoms with van der Waals surface area (Å²) in [5.41, 5.74) is -1.07. The van der Waals surface area contributed by atoms with Crippen molar-refractivity contribution in [2.75, 3.05) is 0 Å². The minimum absolute atomic E-state index is 0.128. The fourth-order valence-corrected chi connectivity index (χ4v) is 1.30. The third kappa shape index (κ3) is 3.33. The fourth-order valence-electron chi connectivity index (χ4n) is 1.30. The van der Waals surface area contributed by atoms with Crippen LogP contribution in [-0.2, 0) is 9.53 Å². The number of carbonyl (C=O) groups is 1. The van der Waals surface area contributed by atoms with Crippen LogP contribution in [0.5, 0.6) is 0 Å². The van der Waals surface area contributed by atoms with Crippen molar-refractivity contribution in [1.82, 2.24) is 0 Å². The van der Waals surface area contributed by atoms with Gasteiger partial charge in [-0.15, -0.1) is 0 Å². The zero-order valence-electron chi connectivity index (χ0n) is 12.8. The second-order valence-corrected chi connectivity index (χ2v) is 5.04. The third-order valence-corrected chi connectivity index (χ3v) is 3.02. The molecule has 0 atom stereocenters. The molecule has 26 heavy (non-hydrogen) atoms. The van der Waals surface area contributed by atoms with Crippen LogP contribution in [-0.4, -0.2) is 41.7 Å². The van der Waals surface area contributed by atoms with E-state index in [4.69, 9.17) is 0 Å². The number of esters is 1. The van der Waals surface area contributed by atoms with Crippen LogP contribution in [0.3, 0.4) is 0 Å². The highest BCUT2D eigenvalue weighted by Gasteiger charge is 2.91. The van der Waals surface area contributed by atoms with Crippen molar-refractivity contribution in [2.45, 2.75) is 56.0 Å². The predicted octanol–water partition coefficient (Wildman–Crippen LogP) is 5.29. The highest BCUT2D eigenvalue weighted by atomic mass is 19.4. The molecule has 0 aromatic carbocycles. The van der Waals surface area contributed by atoms with Crippen LogP contribution >= 0.6 is 0 Å². The van der Waals surface area contributed by atoms with Crippen LogP contribution in [0.2, 0.25) is 0 Å². The van der Waals surface area contributed by atoms with E-state index in [1.807, 2.05) is 0 Å². The summed E-state index contributed by atoms with van der Waals surface area (Å²) in [6, 6.07) is 0. The van der Waals surface area contributed by atoms with E-state index < -0.39 is 53.7 Å². The molecule has 154 valence electrons.